The van der Waals surface area contributed by atoms with E-state index in [2.05, 4.69) is 47.5 Å². The van der Waals surface area contributed by atoms with Gasteiger partial charge in [-0.2, -0.15) is 0 Å². The minimum Gasteiger partial charge on any atom is -0.384 e. The number of methoxy groups -OCH3 is 1. The summed E-state index contributed by atoms with van der Waals surface area (Å²) in [6.45, 7) is 7.59. The summed E-state index contributed by atoms with van der Waals surface area (Å²) < 4.78 is 11.3. The maximum atomic E-state index is 6.00. The minimum absolute atomic E-state index is 0.174. The molecule has 0 radical (unpaired) electrons. The lowest BCUT2D eigenvalue weighted by atomic mass is 9.95. The first-order chi connectivity index (χ1) is 12.3. The predicted molar refractivity (Wildman–Crippen MR) is 101 cm³/mol. The molecule has 2 saturated heterocycles. The minimum atomic E-state index is 0.174. The molecule has 0 aromatic heterocycles. The Morgan fingerprint density at radius 1 is 1.32 bits per heavy atom. The van der Waals surface area contributed by atoms with Crippen molar-refractivity contribution in [3.8, 4) is 0 Å². The van der Waals surface area contributed by atoms with E-state index in [4.69, 9.17) is 14.5 Å². The number of hydrogen-bond acceptors (Lipinski definition) is 3. The number of guanidine groups is 1. The smallest absolute Gasteiger partial charge is 0.193 e. The lowest BCUT2D eigenvalue weighted by Crippen LogP contribution is -2.40. The third-order valence-electron chi connectivity index (χ3n) is 5.14. The zero-order valence-electron chi connectivity index (χ0n) is 15.5. The van der Waals surface area contributed by atoms with Crippen molar-refractivity contribution < 1.29 is 9.47 Å². The SMILES string of the molecule is CCNC(=NCC1CCOC1c1ccccc1)N1CCC(COC)C1. The van der Waals surface area contributed by atoms with E-state index in [1.807, 2.05) is 0 Å². The van der Waals surface area contributed by atoms with Crippen LogP contribution in [0.1, 0.15) is 31.4 Å². The summed E-state index contributed by atoms with van der Waals surface area (Å²) >= 11 is 0. The normalized spacial score (nSPS) is 27.0. The van der Waals surface area contributed by atoms with Crippen molar-refractivity contribution in [3.63, 3.8) is 0 Å². The quantitative estimate of drug-likeness (QED) is 0.636. The molecule has 2 fully saturated rings. The Hall–Kier alpha value is -1.59. The molecular formula is C20H31N3O2. The molecule has 1 aromatic rings. The van der Waals surface area contributed by atoms with Crippen molar-refractivity contribution in [2.24, 2.45) is 16.8 Å². The van der Waals surface area contributed by atoms with E-state index < -0.39 is 0 Å². The van der Waals surface area contributed by atoms with Crippen LogP contribution in [0.4, 0.5) is 0 Å². The number of aliphatic imine (C=N–C) groups is 1. The molecule has 1 N–H and O–H groups in total. The lowest BCUT2D eigenvalue weighted by molar-refractivity contribution is 0.0925. The number of nitrogens with one attached hydrogen (secondary N) is 1. The van der Waals surface area contributed by atoms with Crippen LogP contribution in [-0.2, 0) is 9.47 Å². The molecule has 138 valence electrons. The van der Waals surface area contributed by atoms with Crippen LogP contribution in [0.5, 0.6) is 0 Å². The summed E-state index contributed by atoms with van der Waals surface area (Å²) in [6.07, 6.45) is 2.43. The van der Waals surface area contributed by atoms with Crippen molar-refractivity contribution in [2.75, 3.05) is 46.5 Å². The largest absolute Gasteiger partial charge is 0.384 e. The number of likely N-dealkylation sites (tertiary alicyclic amines) is 1. The Bertz CT molecular complexity index is 549. The molecule has 25 heavy (non-hydrogen) atoms. The molecule has 2 heterocycles. The van der Waals surface area contributed by atoms with Gasteiger partial charge in [0.25, 0.3) is 0 Å². The van der Waals surface area contributed by atoms with Gasteiger partial charge in [0.05, 0.1) is 12.7 Å². The summed E-state index contributed by atoms with van der Waals surface area (Å²) in [6, 6.07) is 10.5. The topological polar surface area (TPSA) is 46.1 Å². The first-order valence-corrected chi connectivity index (χ1v) is 9.50. The Morgan fingerprint density at radius 3 is 2.92 bits per heavy atom. The maximum Gasteiger partial charge on any atom is 0.193 e. The summed E-state index contributed by atoms with van der Waals surface area (Å²) in [7, 11) is 1.78. The number of nitrogens with zero attached hydrogens (tertiary/aromatic N) is 2. The molecular weight excluding hydrogens is 314 g/mol. The molecule has 3 atom stereocenters. The fraction of sp³-hybridized carbons (Fsp3) is 0.650. The fourth-order valence-corrected chi connectivity index (χ4v) is 3.86. The van der Waals surface area contributed by atoms with Gasteiger partial charge in [0.15, 0.2) is 5.96 Å². The van der Waals surface area contributed by atoms with Gasteiger partial charge in [-0.1, -0.05) is 30.3 Å². The average Bonchev–Trinajstić information content (AvgIpc) is 3.29. The van der Waals surface area contributed by atoms with Gasteiger partial charge >= 0.3 is 0 Å². The van der Waals surface area contributed by atoms with E-state index >= 15 is 0 Å². The molecule has 3 unspecified atom stereocenters. The van der Waals surface area contributed by atoms with Gasteiger partial charge in [0.1, 0.15) is 0 Å². The average molecular weight is 345 g/mol. The molecule has 0 saturated carbocycles. The van der Waals surface area contributed by atoms with Crippen LogP contribution in [-0.4, -0.2) is 57.4 Å². The first-order valence-electron chi connectivity index (χ1n) is 9.50. The number of benzene rings is 1. The molecule has 2 aliphatic rings. The molecule has 5 heteroatoms. The highest BCUT2D eigenvalue weighted by molar-refractivity contribution is 5.80. The molecule has 0 aliphatic carbocycles. The maximum absolute atomic E-state index is 6.00. The van der Waals surface area contributed by atoms with Crippen molar-refractivity contribution in [2.45, 2.75) is 25.9 Å². The number of hydrogen-bond donors (Lipinski definition) is 1. The van der Waals surface area contributed by atoms with E-state index in [1.54, 1.807) is 7.11 Å². The van der Waals surface area contributed by atoms with Gasteiger partial charge in [-0.15, -0.1) is 0 Å². The Balaban J connectivity index is 1.63. The van der Waals surface area contributed by atoms with Crippen LogP contribution in [0.25, 0.3) is 0 Å². The third kappa shape index (κ3) is 4.73. The highest BCUT2D eigenvalue weighted by Gasteiger charge is 2.30. The van der Waals surface area contributed by atoms with Crippen LogP contribution in [0.3, 0.4) is 0 Å². The van der Waals surface area contributed by atoms with Crippen LogP contribution in [0.15, 0.2) is 35.3 Å². The van der Waals surface area contributed by atoms with Gasteiger partial charge in [-0.3, -0.25) is 4.99 Å². The standard InChI is InChI=1S/C20H31N3O2/c1-3-21-20(23-11-9-16(14-23)15-24-2)22-13-18-10-12-25-19(18)17-7-5-4-6-8-17/h4-8,16,18-19H,3,9-15H2,1-2H3,(H,21,22). The van der Waals surface area contributed by atoms with Gasteiger partial charge in [-0.05, 0) is 25.3 Å². The van der Waals surface area contributed by atoms with E-state index in [1.165, 1.54) is 12.0 Å². The highest BCUT2D eigenvalue weighted by Crippen LogP contribution is 2.34. The van der Waals surface area contributed by atoms with Crippen molar-refractivity contribution in [3.05, 3.63) is 35.9 Å². The summed E-state index contributed by atoms with van der Waals surface area (Å²) in [5.74, 6) is 2.11. The van der Waals surface area contributed by atoms with Crippen LogP contribution < -0.4 is 5.32 Å². The van der Waals surface area contributed by atoms with Gasteiger partial charge in [0.2, 0.25) is 0 Å². The molecule has 0 bridgehead atoms. The summed E-state index contributed by atoms with van der Waals surface area (Å²) in [5, 5.41) is 3.46. The Morgan fingerprint density at radius 2 is 2.16 bits per heavy atom. The second kappa shape index (κ2) is 9.20. The van der Waals surface area contributed by atoms with Gasteiger partial charge < -0.3 is 19.7 Å². The fourth-order valence-electron chi connectivity index (χ4n) is 3.86. The highest BCUT2D eigenvalue weighted by atomic mass is 16.5. The van der Waals surface area contributed by atoms with E-state index in [9.17, 15) is 0 Å². The summed E-state index contributed by atoms with van der Waals surface area (Å²) in [4.78, 5) is 7.33. The molecule has 0 amide bonds. The number of ether oxygens (including phenoxy) is 2. The Kier molecular flexibility index (Phi) is 6.70. The van der Waals surface area contributed by atoms with Gasteiger partial charge in [0, 0.05) is 51.7 Å². The second-order valence-electron chi connectivity index (χ2n) is 7.00. The zero-order chi connectivity index (χ0) is 17.5. The van der Waals surface area contributed by atoms with Crippen LogP contribution >= 0.6 is 0 Å². The van der Waals surface area contributed by atoms with Crippen LogP contribution in [0.2, 0.25) is 0 Å². The third-order valence-corrected chi connectivity index (χ3v) is 5.14. The second-order valence-corrected chi connectivity index (χ2v) is 7.00. The predicted octanol–water partition coefficient (Wildman–Crippen LogP) is 2.70. The van der Waals surface area contributed by atoms with Gasteiger partial charge in [-0.25, -0.2) is 0 Å². The number of rotatable bonds is 6. The van der Waals surface area contributed by atoms with Crippen molar-refractivity contribution >= 4 is 5.96 Å². The zero-order valence-corrected chi connectivity index (χ0v) is 15.5. The summed E-state index contributed by atoms with van der Waals surface area (Å²) in [5.41, 5.74) is 1.27. The van der Waals surface area contributed by atoms with Crippen molar-refractivity contribution in [1.82, 2.24) is 10.2 Å². The molecule has 3 rings (SSSR count). The Labute approximate surface area is 151 Å². The van der Waals surface area contributed by atoms with E-state index in [0.29, 0.717) is 11.8 Å². The molecule has 1 aromatic carbocycles. The van der Waals surface area contributed by atoms with Crippen LogP contribution in [0, 0.1) is 11.8 Å². The first kappa shape index (κ1) is 18.2. The lowest BCUT2D eigenvalue weighted by Gasteiger charge is -2.23. The van der Waals surface area contributed by atoms with E-state index in [-0.39, 0.29) is 6.10 Å². The molecule has 0 spiro atoms. The molecule has 2 aliphatic heterocycles. The monoisotopic (exact) mass is 345 g/mol. The van der Waals surface area contributed by atoms with E-state index in [0.717, 1.165) is 51.8 Å². The van der Waals surface area contributed by atoms with Crippen molar-refractivity contribution in [1.29, 1.82) is 0 Å². The molecule has 5 nitrogen and oxygen atoms in total.